The van der Waals surface area contributed by atoms with Crippen molar-refractivity contribution in [3.05, 3.63) is 42.1 Å². The fourth-order valence-electron chi connectivity index (χ4n) is 4.08. The highest BCUT2D eigenvalue weighted by Gasteiger charge is 2.26. The van der Waals surface area contributed by atoms with Crippen LogP contribution in [-0.4, -0.2) is 59.5 Å². The monoisotopic (exact) mass is 426 g/mol. The number of ether oxygens (including phenoxy) is 1. The standard InChI is InChI=1S/C23H30N4O2S/c1-17(15-18(2)28)19-3-5-20(6-4-19)29-21-8-10-27(16-21)22-7-9-24-23(25-22)26-11-13-30-14-12-26/h3-7,9,17,21H,8,10-16H2,1-2H3/t17-,21-/m1/s1. The smallest absolute Gasteiger partial charge is 0.227 e. The summed E-state index contributed by atoms with van der Waals surface area (Å²) in [6.45, 7) is 7.53. The van der Waals surface area contributed by atoms with Gasteiger partial charge in [0.05, 0.1) is 6.54 Å². The van der Waals surface area contributed by atoms with Gasteiger partial charge in [-0.1, -0.05) is 19.1 Å². The van der Waals surface area contributed by atoms with Crippen LogP contribution in [0.3, 0.4) is 0 Å². The molecule has 7 heteroatoms. The number of aromatic nitrogens is 2. The van der Waals surface area contributed by atoms with Gasteiger partial charge in [-0.2, -0.15) is 16.7 Å². The number of carbonyl (C=O) groups excluding carboxylic acids is 1. The lowest BCUT2D eigenvalue weighted by Gasteiger charge is -2.27. The third-order valence-electron chi connectivity index (χ3n) is 5.74. The fraction of sp³-hybridized carbons (Fsp3) is 0.522. The molecule has 0 amide bonds. The number of rotatable bonds is 7. The van der Waals surface area contributed by atoms with E-state index in [0.717, 1.165) is 61.6 Å². The van der Waals surface area contributed by atoms with E-state index in [2.05, 4.69) is 33.8 Å². The molecule has 6 nitrogen and oxygen atoms in total. The summed E-state index contributed by atoms with van der Waals surface area (Å²) in [5.74, 6) is 5.45. The molecule has 0 radical (unpaired) electrons. The van der Waals surface area contributed by atoms with Gasteiger partial charge >= 0.3 is 0 Å². The maximum Gasteiger partial charge on any atom is 0.227 e. The van der Waals surface area contributed by atoms with Gasteiger partial charge in [-0.25, -0.2) is 4.98 Å². The molecule has 0 aliphatic carbocycles. The van der Waals surface area contributed by atoms with Gasteiger partial charge in [-0.05, 0) is 36.6 Å². The first-order chi connectivity index (χ1) is 14.6. The Bertz CT molecular complexity index is 855. The molecule has 1 aromatic carbocycles. The molecule has 2 atom stereocenters. The Morgan fingerprint density at radius 2 is 1.93 bits per heavy atom. The first-order valence-corrected chi connectivity index (χ1v) is 11.9. The molecule has 2 aliphatic rings. The van der Waals surface area contributed by atoms with E-state index >= 15 is 0 Å². The number of Topliss-reactive ketones (excluding diaryl/α,β-unsaturated/α-hetero) is 1. The van der Waals surface area contributed by atoms with Gasteiger partial charge in [0.2, 0.25) is 5.95 Å². The maximum atomic E-state index is 11.3. The van der Waals surface area contributed by atoms with E-state index in [-0.39, 0.29) is 17.8 Å². The molecule has 3 heterocycles. The molecule has 4 rings (SSSR count). The van der Waals surface area contributed by atoms with Gasteiger partial charge in [0.1, 0.15) is 23.5 Å². The van der Waals surface area contributed by atoms with Crippen LogP contribution < -0.4 is 14.5 Å². The summed E-state index contributed by atoms with van der Waals surface area (Å²) in [6.07, 6.45) is 3.57. The lowest BCUT2D eigenvalue weighted by atomic mass is 9.96. The number of hydrogen-bond donors (Lipinski definition) is 0. The Balaban J connectivity index is 1.34. The Hall–Kier alpha value is -2.28. The summed E-state index contributed by atoms with van der Waals surface area (Å²) < 4.78 is 6.22. The molecule has 2 aliphatic heterocycles. The minimum absolute atomic E-state index is 0.148. The van der Waals surface area contributed by atoms with E-state index in [0.29, 0.717) is 6.42 Å². The quantitative estimate of drug-likeness (QED) is 0.668. The molecule has 0 unspecified atom stereocenters. The number of carbonyl (C=O) groups is 1. The van der Waals surface area contributed by atoms with Crippen LogP contribution in [0.5, 0.6) is 5.75 Å². The Kier molecular flexibility index (Phi) is 6.77. The average Bonchev–Trinajstić information content (AvgIpc) is 3.23. The fourth-order valence-corrected chi connectivity index (χ4v) is 4.98. The first-order valence-electron chi connectivity index (χ1n) is 10.8. The van der Waals surface area contributed by atoms with Crippen molar-refractivity contribution in [2.75, 3.05) is 47.5 Å². The predicted octanol–water partition coefficient (Wildman–Crippen LogP) is 3.77. The summed E-state index contributed by atoms with van der Waals surface area (Å²) in [7, 11) is 0. The van der Waals surface area contributed by atoms with Crippen molar-refractivity contribution in [3.8, 4) is 5.75 Å². The summed E-state index contributed by atoms with van der Waals surface area (Å²) in [4.78, 5) is 25.2. The van der Waals surface area contributed by atoms with Crippen LogP contribution in [0.4, 0.5) is 11.8 Å². The Morgan fingerprint density at radius 3 is 2.67 bits per heavy atom. The van der Waals surface area contributed by atoms with Gasteiger partial charge in [-0.3, -0.25) is 0 Å². The van der Waals surface area contributed by atoms with Gasteiger partial charge in [0, 0.05) is 50.2 Å². The molecule has 30 heavy (non-hydrogen) atoms. The van der Waals surface area contributed by atoms with Crippen molar-refractivity contribution in [2.45, 2.75) is 38.7 Å². The third-order valence-corrected chi connectivity index (χ3v) is 6.68. The number of benzene rings is 1. The Labute approximate surface area is 183 Å². The zero-order valence-electron chi connectivity index (χ0n) is 17.8. The minimum atomic E-state index is 0.148. The second kappa shape index (κ2) is 9.69. The second-order valence-electron chi connectivity index (χ2n) is 8.17. The van der Waals surface area contributed by atoms with E-state index in [9.17, 15) is 4.79 Å². The lowest BCUT2D eigenvalue weighted by Crippen LogP contribution is -2.34. The van der Waals surface area contributed by atoms with Crippen LogP contribution >= 0.6 is 11.8 Å². The van der Waals surface area contributed by atoms with E-state index < -0.39 is 0 Å². The van der Waals surface area contributed by atoms with Crippen LogP contribution in [0.2, 0.25) is 0 Å². The molecule has 0 saturated carbocycles. The summed E-state index contributed by atoms with van der Waals surface area (Å²) in [5, 5.41) is 0. The highest BCUT2D eigenvalue weighted by molar-refractivity contribution is 7.99. The van der Waals surface area contributed by atoms with Gasteiger partial charge in [-0.15, -0.1) is 0 Å². The molecule has 0 spiro atoms. The number of thioether (sulfide) groups is 1. The molecule has 2 fully saturated rings. The highest BCUT2D eigenvalue weighted by Crippen LogP contribution is 2.26. The zero-order chi connectivity index (χ0) is 20.9. The third kappa shape index (κ3) is 5.25. The first kappa shape index (κ1) is 21.0. The molecule has 1 aromatic heterocycles. The van der Waals surface area contributed by atoms with Crippen molar-refractivity contribution in [1.82, 2.24) is 9.97 Å². The maximum absolute atomic E-state index is 11.3. The van der Waals surface area contributed by atoms with E-state index in [4.69, 9.17) is 9.72 Å². The largest absolute Gasteiger partial charge is 0.489 e. The summed E-state index contributed by atoms with van der Waals surface area (Å²) in [6, 6.07) is 10.2. The van der Waals surface area contributed by atoms with E-state index in [1.165, 1.54) is 5.56 Å². The normalized spacial score (nSPS) is 20.3. The predicted molar refractivity (Wildman–Crippen MR) is 123 cm³/mol. The van der Waals surface area contributed by atoms with Crippen molar-refractivity contribution >= 4 is 29.3 Å². The van der Waals surface area contributed by atoms with Gasteiger partial charge in [0.25, 0.3) is 0 Å². The van der Waals surface area contributed by atoms with E-state index in [1.54, 1.807) is 6.92 Å². The number of ketones is 1. The van der Waals surface area contributed by atoms with Crippen molar-refractivity contribution in [2.24, 2.45) is 0 Å². The Morgan fingerprint density at radius 1 is 1.17 bits per heavy atom. The minimum Gasteiger partial charge on any atom is -0.489 e. The molecule has 2 aromatic rings. The van der Waals surface area contributed by atoms with Crippen molar-refractivity contribution in [3.63, 3.8) is 0 Å². The zero-order valence-corrected chi connectivity index (χ0v) is 18.6. The number of anilines is 2. The van der Waals surface area contributed by atoms with Crippen LogP contribution in [0, 0.1) is 0 Å². The topological polar surface area (TPSA) is 58.6 Å². The molecule has 2 saturated heterocycles. The summed E-state index contributed by atoms with van der Waals surface area (Å²) >= 11 is 1.99. The van der Waals surface area contributed by atoms with Crippen LogP contribution in [0.1, 0.15) is 38.2 Å². The average molecular weight is 427 g/mol. The van der Waals surface area contributed by atoms with Crippen molar-refractivity contribution < 1.29 is 9.53 Å². The summed E-state index contributed by atoms with van der Waals surface area (Å²) in [5.41, 5.74) is 1.18. The second-order valence-corrected chi connectivity index (χ2v) is 9.39. The SMILES string of the molecule is CC(=O)C[C@@H](C)c1ccc(O[C@@H]2CCN(c3ccnc(N4CCSCC4)n3)C2)cc1. The molecular formula is C23H30N4O2S. The van der Waals surface area contributed by atoms with Crippen LogP contribution in [0.25, 0.3) is 0 Å². The van der Waals surface area contributed by atoms with Crippen LogP contribution in [-0.2, 0) is 4.79 Å². The van der Waals surface area contributed by atoms with Crippen molar-refractivity contribution in [1.29, 1.82) is 0 Å². The van der Waals surface area contributed by atoms with Crippen LogP contribution in [0.15, 0.2) is 36.5 Å². The molecule has 0 N–H and O–H groups in total. The number of hydrogen-bond acceptors (Lipinski definition) is 7. The molecule has 160 valence electrons. The van der Waals surface area contributed by atoms with Gasteiger partial charge < -0.3 is 19.3 Å². The molecular weight excluding hydrogens is 396 g/mol. The number of nitrogens with zero attached hydrogens (tertiary/aromatic N) is 4. The van der Waals surface area contributed by atoms with Gasteiger partial charge in [0.15, 0.2) is 0 Å². The van der Waals surface area contributed by atoms with E-state index in [1.807, 2.05) is 36.2 Å². The highest BCUT2D eigenvalue weighted by atomic mass is 32.2. The molecule has 0 bridgehead atoms. The lowest BCUT2D eigenvalue weighted by molar-refractivity contribution is -0.117.